The maximum absolute atomic E-state index is 12.6. The molecule has 23 heavy (non-hydrogen) atoms. The number of fused-ring (bicyclic) bond motifs is 1. The van der Waals surface area contributed by atoms with Gasteiger partial charge in [-0.3, -0.25) is 4.79 Å². The van der Waals surface area contributed by atoms with Crippen LogP contribution in [0.4, 0.5) is 5.69 Å². The molecule has 0 saturated heterocycles. The van der Waals surface area contributed by atoms with Crippen molar-refractivity contribution in [2.75, 3.05) is 12.4 Å². The molecular weight excluding hydrogens is 378 g/mol. The summed E-state index contributed by atoms with van der Waals surface area (Å²) in [6, 6.07) is 16.6. The molecule has 0 radical (unpaired) electrons. The number of amides is 1. The van der Waals surface area contributed by atoms with E-state index in [0.29, 0.717) is 22.0 Å². The molecule has 3 nitrogen and oxygen atoms in total. The smallest absolute Gasteiger partial charge is 0.259 e. The Morgan fingerprint density at radius 3 is 2.65 bits per heavy atom. The van der Waals surface area contributed by atoms with E-state index in [4.69, 9.17) is 16.3 Å². The minimum atomic E-state index is -0.254. The van der Waals surface area contributed by atoms with Gasteiger partial charge in [0, 0.05) is 10.7 Å². The largest absolute Gasteiger partial charge is 0.495 e. The van der Waals surface area contributed by atoms with Crippen LogP contribution in [0.2, 0.25) is 5.02 Å². The first-order chi connectivity index (χ1) is 11.1. The summed E-state index contributed by atoms with van der Waals surface area (Å²) in [6.45, 7) is 0. The van der Waals surface area contributed by atoms with Gasteiger partial charge in [-0.2, -0.15) is 0 Å². The number of benzene rings is 3. The van der Waals surface area contributed by atoms with Crippen molar-refractivity contribution in [1.82, 2.24) is 0 Å². The average molecular weight is 391 g/mol. The fraction of sp³-hybridized carbons (Fsp3) is 0.0556. The zero-order chi connectivity index (χ0) is 16.4. The van der Waals surface area contributed by atoms with Gasteiger partial charge in [-0.15, -0.1) is 0 Å². The molecule has 3 rings (SSSR count). The number of rotatable bonds is 3. The fourth-order valence-electron chi connectivity index (χ4n) is 2.42. The Balaban J connectivity index is 2.06. The molecule has 1 amide bonds. The van der Waals surface area contributed by atoms with Crippen LogP contribution in [0.25, 0.3) is 10.8 Å². The molecule has 0 saturated carbocycles. The highest BCUT2D eigenvalue weighted by Gasteiger charge is 2.18. The van der Waals surface area contributed by atoms with E-state index in [1.807, 2.05) is 30.3 Å². The Kier molecular flexibility index (Phi) is 4.55. The van der Waals surface area contributed by atoms with E-state index >= 15 is 0 Å². The lowest BCUT2D eigenvalue weighted by atomic mass is 10.1. The van der Waals surface area contributed by atoms with Gasteiger partial charge in [0.05, 0.1) is 17.1 Å². The molecule has 0 heterocycles. The molecule has 3 aromatic rings. The van der Waals surface area contributed by atoms with Gasteiger partial charge >= 0.3 is 0 Å². The second kappa shape index (κ2) is 6.60. The van der Waals surface area contributed by atoms with Crippen LogP contribution in [-0.4, -0.2) is 13.0 Å². The zero-order valence-electron chi connectivity index (χ0n) is 12.3. The molecule has 0 spiro atoms. The third-order valence-electron chi connectivity index (χ3n) is 3.47. The quantitative estimate of drug-likeness (QED) is 0.640. The van der Waals surface area contributed by atoms with Crippen molar-refractivity contribution in [3.63, 3.8) is 0 Å². The number of hydrogen-bond acceptors (Lipinski definition) is 2. The second-order valence-corrected chi connectivity index (χ2v) is 6.19. The molecule has 5 heteroatoms. The number of carbonyl (C=O) groups excluding carboxylic acids is 1. The Hall–Kier alpha value is -2.04. The molecule has 0 bridgehead atoms. The van der Waals surface area contributed by atoms with E-state index in [0.717, 1.165) is 15.2 Å². The number of anilines is 1. The van der Waals surface area contributed by atoms with Crippen LogP contribution in [0.15, 0.2) is 59.1 Å². The van der Waals surface area contributed by atoms with E-state index in [2.05, 4.69) is 21.2 Å². The molecule has 0 fully saturated rings. The molecule has 0 aromatic heterocycles. The number of halogens is 2. The monoisotopic (exact) mass is 389 g/mol. The molecule has 1 N–H and O–H groups in total. The van der Waals surface area contributed by atoms with Gasteiger partial charge in [0.1, 0.15) is 5.75 Å². The van der Waals surface area contributed by atoms with Crippen molar-refractivity contribution in [3.8, 4) is 5.75 Å². The normalized spacial score (nSPS) is 10.6. The number of methoxy groups -OCH3 is 1. The first-order valence-corrected chi connectivity index (χ1v) is 8.09. The molecule has 3 aromatic carbocycles. The van der Waals surface area contributed by atoms with Crippen LogP contribution in [0.1, 0.15) is 10.4 Å². The Morgan fingerprint density at radius 2 is 1.91 bits per heavy atom. The summed E-state index contributed by atoms with van der Waals surface area (Å²) in [5.41, 5.74) is 1.09. The minimum absolute atomic E-state index is 0.254. The van der Waals surface area contributed by atoms with E-state index in [1.165, 1.54) is 0 Å². The summed E-state index contributed by atoms with van der Waals surface area (Å²) >= 11 is 9.48. The Morgan fingerprint density at radius 1 is 1.13 bits per heavy atom. The molecule has 0 aliphatic heterocycles. The van der Waals surface area contributed by atoms with Crippen molar-refractivity contribution in [3.05, 3.63) is 69.7 Å². The van der Waals surface area contributed by atoms with Crippen molar-refractivity contribution in [2.45, 2.75) is 0 Å². The third kappa shape index (κ3) is 3.19. The van der Waals surface area contributed by atoms with Crippen LogP contribution in [0, 0.1) is 0 Å². The van der Waals surface area contributed by atoms with Crippen molar-refractivity contribution >= 4 is 49.9 Å². The van der Waals surface area contributed by atoms with Crippen LogP contribution >= 0.6 is 27.5 Å². The Labute approximate surface area is 147 Å². The van der Waals surface area contributed by atoms with Crippen LogP contribution in [0.3, 0.4) is 0 Å². The van der Waals surface area contributed by atoms with Crippen molar-refractivity contribution in [2.24, 2.45) is 0 Å². The first-order valence-electron chi connectivity index (χ1n) is 6.92. The molecule has 0 aliphatic rings. The van der Waals surface area contributed by atoms with Gasteiger partial charge in [-0.25, -0.2) is 0 Å². The summed E-state index contributed by atoms with van der Waals surface area (Å²) in [4.78, 5) is 12.6. The lowest BCUT2D eigenvalue weighted by Gasteiger charge is -2.13. The van der Waals surface area contributed by atoms with Gasteiger partial charge in [0.2, 0.25) is 0 Å². The lowest BCUT2D eigenvalue weighted by molar-refractivity contribution is 0.102. The van der Waals surface area contributed by atoms with E-state index in [-0.39, 0.29) is 5.91 Å². The molecule has 0 aliphatic carbocycles. The summed E-state index contributed by atoms with van der Waals surface area (Å²) < 4.78 is 6.19. The zero-order valence-corrected chi connectivity index (χ0v) is 14.6. The SMILES string of the molecule is COc1c(C(=O)Nc2cccc(Cl)c2)cc2ccccc2c1Br. The first kappa shape index (κ1) is 15.8. The van der Waals surface area contributed by atoms with Crippen molar-refractivity contribution < 1.29 is 9.53 Å². The fourth-order valence-corrected chi connectivity index (χ4v) is 3.34. The minimum Gasteiger partial charge on any atom is -0.495 e. The predicted molar refractivity (Wildman–Crippen MR) is 97.6 cm³/mol. The highest BCUT2D eigenvalue weighted by atomic mass is 79.9. The van der Waals surface area contributed by atoms with E-state index < -0.39 is 0 Å². The molecule has 0 atom stereocenters. The highest BCUT2D eigenvalue weighted by molar-refractivity contribution is 9.10. The Bertz CT molecular complexity index is 895. The van der Waals surface area contributed by atoms with Gasteiger partial charge in [-0.05, 0) is 51.0 Å². The second-order valence-electron chi connectivity index (χ2n) is 4.96. The van der Waals surface area contributed by atoms with Gasteiger partial charge < -0.3 is 10.1 Å². The topological polar surface area (TPSA) is 38.3 Å². The average Bonchev–Trinajstić information content (AvgIpc) is 2.55. The van der Waals surface area contributed by atoms with E-state index in [1.54, 1.807) is 31.4 Å². The standard InChI is InChI=1S/C18H13BrClNO2/c1-23-17-15(9-11-5-2-3-8-14(11)16(17)19)18(22)21-13-7-4-6-12(20)10-13/h2-10H,1H3,(H,21,22). The summed E-state index contributed by atoms with van der Waals surface area (Å²) in [5, 5.41) is 5.35. The van der Waals surface area contributed by atoms with Gasteiger partial charge in [-0.1, -0.05) is 41.9 Å². The number of ether oxygens (including phenoxy) is 1. The molecular formula is C18H13BrClNO2. The number of carbonyl (C=O) groups is 1. The lowest BCUT2D eigenvalue weighted by Crippen LogP contribution is -2.13. The summed E-state index contributed by atoms with van der Waals surface area (Å²) in [5.74, 6) is 0.249. The third-order valence-corrected chi connectivity index (χ3v) is 4.49. The van der Waals surface area contributed by atoms with Gasteiger partial charge in [0.15, 0.2) is 0 Å². The van der Waals surface area contributed by atoms with Crippen LogP contribution < -0.4 is 10.1 Å². The van der Waals surface area contributed by atoms with Crippen molar-refractivity contribution in [1.29, 1.82) is 0 Å². The highest BCUT2D eigenvalue weighted by Crippen LogP contribution is 2.36. The van der Waals surface area contributed by atoms with Crippen LogP contribution in [0.5, 0.6) is 5.75 Å². The maximum atomic E-state index is 12.6. The molecule has 116 valence electrons. The summed E-state index contributed by atoms with van der Waals surface area (Å²) in [7, 11) is 1.55. The maximum Gasteiger partial charge on any atom is 0.259 e. The number of hydrogen-bond donors (Lipinski definition) is 1. The van der Waals surface area contributed by atoms with E-state index in [9.17, 15) is 4.79 Å². The number of nitrogens with one attached hydrogen (secondary N) is 1. The van der Waals surface area contributed by atoms with Gasteiger partial charge in [0.25, 0.3) is 5.91 Å². The van der Waals surface area contributed by atoms with Crippen LogP contribution in [-0.2, 0) is 0 Å². The predicted octanol–water partition coefficient (Wildman–Crippen LogP) is 5.52. The molecule has 0 unspecified atom stereocenters. The summed E-state index contributed by atoms with van der Waals surface area (Å²) in [6.07, 6.45) is 0.